The molecule has 0 spiro atoms. The van der Waals surface area contributed by atoms with Crippen molar-refractivity contribution in [3.05, 3.63) is 0 Å². The van der Waals surface area contributed by atoms with Crippen LogP contribution in [0.15, 0.2) is 0 Å². The number of carbonyl (C=O) groups excluding carboxylic acids is 3. The highest BCUT2D eigenvalue weighted by Crippen LogP contribution is 2.15. The van der Waals surface area contributed by atoms with Gasteiger partial charge in [-0.1, -0.05) is 90.9 Å². The SMILES string of the molecule is CCCCCCCCCCCCCCCC(=O)C(CC)C(=O)C=O. The summed E-state index contributed by atoms with van der Waals surface area (Å²) in [6.45, 7) is 4.04. The maximum atomic E-state index is 11.9. The van der Waals surface area contributed by atoms with Gasteiger partial charge in [-0.25, -0.2) is 0 Å². The van der Waals surface area contributed by atoms with Crippen molar-refractivity contribution in [1.29, 1.82) is 0 Å². The molecule has 1 unspecified atom stereocenters. The van der Waals surface area contributed by atoms with Crippen LogP contribution in [0.4, 0.5) is 0 Å². The lowest BCUT2D eigenvalue weighted by Gasteiger charge is -2.08. The highest BCUT2D eigenvalue weighted by Gasteiger charge is 2.22. The van der Waals surface area contributed by atoms with Crippen molar-refractivity contribution in [2.24, 2.45) is 5.92 Å². The molecule has 0 aliphatic rings. The monoisotopic (exact) mass is 338 g/mol. The zero-order valence-corrected chi connectivity index (χ0v) is 16.0. The first-order chi connectivity index (χ1) is 11.7. The molecule has 0 aromatic rings. The molecule has 0 N–H and O–H groups in total. The van der Waals surface area contributed by atoms with Gasteiger partial charge in [-0.2, -0.15) is 0 Å². The first kappa shape index (κ1) is 23.0. The number of unbranched alkanes of at least 4 members (excludes halogenated alkanes) is 12. The fraction of sp³-hybridized carbons (Fsp3) is 0.857. The highest BCUT2D eigenvalue weighted by molar-refractivity contribution is 6.31. The largest absolute Gasteiger partial charge is 0.299 e. The quantitative estimate of drug-likeness (QED) is 0.137. The van der Waals surface area contributed by atoms with E-state index in [0.717, 1.165) is 12.8 Å². The number of hydrogen-bond acceptors (Lipinski definition) is 3. The topological polar surface area (TPSA) is 51.2 Å². The first-order valence-electron chi connectivity index (χ1n) is 10.2. The second kappa shape index (κ2) is 16.9. The molecule has 0 aromatic heterocycles. The Bertz CT molecular complexity index is 336. The third-order valence-electron chi connectivity index (χ3n) is 4.78. The molecular formula is C21H38O3. The Labute approximate surface area is 149 Å². The maximum Gasteiger partial charge on any atom is 0.205 e. The molecule has 0 aliphatic carbocycles. The van der Waals surface area contributed by atoms with Crippen LogP contribution in [0.25, 0.3) is 0 Å². The first-order valence-corrected chi connectivity index (χ1v) is 10.2. The van der Waals surface area contributed by atoms with Gasteiger partial charge >= 0.3 is 0 Å². The van der Waals surface area contributed by atoms with Gasteiger partial charge in [0.2, 0.25) is 5.78 Å². The zero-order valence-electron chi connectivity index (χ0n) is 16.0. The number of hydrogen-bond donors (Lipinski definition) is 0. The van der Waals surface area contributed by atoms with Crippen LogP contribution in [0.5, 0.6) is 0 Å². The van der Waals surface area contributed by atoms with Crippen LogP contribution in [-0.2, 0) is 14.4 Å². The summed E-state index contributed by atoms with van der Waals surface area (Å²) in [6, 6.07) is 0. The Balaban J connectivity index is 3.40. The lowest BCUT2D eigenvalue weighted by molar-refractivity contribution is -0.138. The van der Waals surface area contributed by atoms with Crippen LogP contribution < -0.4 is 0 Å². The van der Waals surface area contributed by atoms with Gasteiger partial charge in [-0.15, -0.1) is 0 Å². The number of ketones is 2. The molecule has 0 radical (unpaired) electrons. The minimum absolute atomic E-state index is 0.0577. The van der Waals surface area contributed by atoms with Gasteiger partial charge < -0.3 is 0 Å². The lowest BCUT2D eigenvalue weighted by Crippen LogP contribution is -2.24. The van der Waals surface area contributed by atoms with E-state index in [-0.39, 0.29) is 12.1 Å². The summed E-state index contributed by atoms with van der Waals surface area (Å²) in [7, 11) is 0. The number of Topliss-reactive ketones (excluding diaryl/α,β-unsaturated/α-hetero) is 2. The van der Waals surface area contributed by atoms with Crippen LogP contribution in [0.3, 0.4) is 0 Å². The van der Waals surface area contributed by atoms with E-state index in [4.69, 9.17) is 0 Å². The summed E-state index contributed by atoms with van der Waals surface area (Å²) >= 11 is 0. The average Bonchev–Trinajstić information content (AvgIpc) is 2.59. The normalized spacial score (nSPS) is 12.1. The third kappa shape index (κ3) is 12.4. The van der Waals surface area contributed by atoms with E-state index >= 15 is 0 Å². The molecule has 1 atom stereocenters. The summed E-state index contributed by atoms with van der Waals surface area (Å²) in [6.07, 6.45) is 17.7. The van der Waals surface area contributed by atoms with Gasteiger partial charge in [0.15, 0.2) is 6.29 Å². The van der Waals surface area contributed by atoms with Gasteiger partial charge in [0, 0.05) is 6.42 Å². The predicted octanol–water partition coefficient (Wildman–Crippen LogP) is 5.83. The van der Waals surface area contributed by atoms with Crippen LogP contribution in [0, 0.1) is 5.92 Å². The Kier molecular flexibility index (Phi) is 16.2. The Morgan fingerprint density at radius 3 is 1.50 bits per heavy atom. The molecule has 0 bridgehead atoms. The minimum atomic E-state index is -0.695. The van der Waals surface area contributed by atoms with E-state index in [2.05, 4.69) is 6.92 Å². The van der Waals surface area contributed by atoms with Crippen molar-refractivity contribution < 1.29 is 14.4 Å². The summed E-state index contributed by atoms with van der Waals surface area (Å²) in [4.78, 5) is 33.7. The molecule has 0 saturated carbocycles. The van der Waals surface area contributed by atoms with Gasteiger partial charge in [-0.05, 0) is 12.8 Å². The van der Waals surface area contributed by atoms with Crippen LogP contribution in [-0.4, -0.2) is 17.9 Å². The molecule has 3 nitrogen and oxygen atoms in total. The van der Waals surface area contributed by atoms with Gasteiger partial charge in [0.1, 0.15) is 5.78 Å². The Morgan fingerprint density at radius 2 is 1.12 bits per heavy atom. The molecule has 0 aromatic carbocycles. The van der Waals surface area contributed by atoms with Crippen LogP contribution >= 0.6 is 0 Å². The van der Waals surface area contributed by atoms with Gasteiger partial charge in [0.05, 0.1) is 5.92 Å². The summed E-state index contributed by atoms with van der Waals surface area (Å²) in [5.74, 6) is -1.31. The zero-order chi connectivity index (χ0) is 18.0. The van der Waals surface area contributed by atoms with Crippen molar-refractivity contribution in [3.63, 3.8) is 0 Å². The number of aldehydes is 1. The van der Waals surface area contributed by atoms with Crippen LogP contribution in [0.2, 0.25) is 0 Å². The predicted molar refractivity (Wildman–Crippen MR) is 100 cm³/mol. The molecule has 0 aliphatic heterocycles. The van der Waals surface area contributed by atoms with E-state index in [1.165, 1.54) is 70.6 Å². The van der Waals surface area contributed by atoms with Crippen molar-refractivity contribution in [3.8, 4) is 0 Å². The van der Waals surface area contributed by atoms with E-state index in [0.29, 0.717) is 12.8 Å². The number of rotatable bonds is 18. The third-order valence-corrected chi connectivity index (χ3v) is 4.78. The van der Waals surface area contributed by atoms with E-state index < -0.39 is 11.7 Å². The van der Waals surface area contributed by atoms with Crippen molar-refractivity contribution in [1.82, 2.24) is 0 Å². The summed E-state index contributed by atoms with van der Waals surface area (Å²) in [5.41, 5.74) is 0. The minimum Gasteiger partial charge on any atom is -0.299 e. The number of carbonyl (C=O) groups is 3. The molecule has 0 amide bonds. The smallest absolute Gasteiger partial charge is 0.205 e. The van der Waals surface area contributed by atoms with E-state index in [9.17, 15) is 14.4 Å². The van der Waals surface area contributed by atoms with Crippen molar-refractivity contribution in [2.75, 3.05) is 0 Å². The molecule has 0 fully saturated rings. The van der Waals surface area contributed by atoms with E-state index in [1.807, 2.05) is 0 Å². The average molecular weight is 339 g/mol. The lowest BCUT2D eigenvalue weighted by atomic mass is 9.93. The van der Waals surface area contributed by atoms with E-state index in [1.54, 1.807) is 6.92 Å². The molecule has 140 valence electrons. The Morgan fingerprint density at radius 1 is 0.708 bits per heavy atom. The van der Waals surface area contributed by atoms with Crippen molar-refractivity contribution in [2.45, 2.75) is 110 Å². The molecule has 24 heavy (non-hydrogen) atoms. The summed E-state index contributed by atoms with van der Waals surface area (Å²) in [5, 5.41) is 0. The van der Waals surface area contributed by atoms with Crippen LogP contribution in [0.1, 0.15) is 110 Å². The molecule has 0 heterocycles. The van der Waals surface area contributed by atoms with Crippen molar-refractivity contribution >= 4 is 17.9 Å². The maximum absolute atomic E-state index is 11.9. The fourth-order valence-electron chi connectivity index (χ4n) is 3.16. The molecule has 0 saturated heterocycles. The second-order valence-electron chi connectivity index (χ2n) is 6.94. The standard InChI is InChI=1S/C21H38O3/c1-3-5-6-7-8-9-10-11-12-13-14-15-16-17-20(23)19(4-2)21(24)18-22/h18-19H,3-17H2,1-2H3. The molecular weight excluding hydrogens is 300 g/mol. The second-order valence-corrected chi connectivity index (χ2v) is 6.94. The molecule has 3 heteroatoms. The van der Waals surface area contributed by atoms with Gasteiger partial charge in [-0.3, -0.25) is 14.4 Å². The van der Waals surface area contributed by atoms with Gasteiger partial charge in [0.25, 0.3) is 0 Å². The highest BCUT2D eigenvalue weighted by atomic mass is 16.2. The molecule has 0 rings (SSSR count). The fourth-order valence-corrected chi connectivity index (χ4v) is 3.16. The Hall–Kier alpha value is -0.990. The summed E-state index contributed by atoms with van der Waals surface area (Å²) < 4.78 is 0.